The molecule has 0 aliphatic heterocycles. The van der Waals surface area contributed by atoms with Gasteiger partial charge in [-0.1, -0.05) is 6.07 Å². The van der Waals surface area contributed by atoms with Crippen molar-refractivity contribution >= 4 is 16.9 Å². The molecule has 0 aliphatic carbocycles. The molecule has 0 aliphatic rings. The summed E-state index contributed by atoms with van der Waals surface area (Å²) >= 11 is 0. The van der Waals surface area contributed by atoms with E-state index < -0.39 is 11.5 Å². The standard InChI is InChI=1S/C10H8N2O3/c1-5-2-3-6-7(4-5)11-8(10(14)15)12-9(6)13/h2-4H,1H3,(H,14,15)(H,11,12,13). The number of nitrogens with one attached hydrogen (secondary N) is 1. The number of aromatic carboxylic acids is 1. The molecule has 0 fully saturated rings. The van der Waals surface area contributed by atoms with E-state index in [0.29, 0.717) is 10.9 Å². The molecule has 76 valence electrons. The van der Waals surface area contributed by atoms with Crippen LogP contribution in [0.2, 0.25) is 0 Å². The van der Waals surface area contributed by atoms with Crippen molar-refractivity contribution in [1.29, 1.82) is 0 Å². The quantitative estimate of drug-likeness (QED) is 0.723. The Hall–Kier alpha value is -2.17. The van der Waals surface area contributed by atoms with Crippen LogP contribution in [-0.4, -0.2) is 21.0 Å². The Kier molecular flexibility index (Phi) is 2.00. The number of carboxylic acid groups (broad SMARTS) is 1. The zero-order valence-corrected chi connectivity index (χ0v) is 7.94. The van der Waals surface area contributed by atoms with Crippen LogP contribution in [0.15, 0.2) is 23.0 Å². The molecule has 1 aromatic heterocycles. The highest BCUT2D eigenvalue weighted by Gasteiger charge is 2.08. The molecule has 0 saturated carbocycles. The summed E-state index contributed by atoms with van der Waals surface area (Å²) in [6.07, 6.45) is 0. The molecule has 5 heteroatoms. The number of carboxylic acids is 1. The van der Waals surface area contributed by atoms with E-state index >= 15 is 0 Å². The van der Waals surface area contributed by atoms with Gasteiger partial charge in [-0.3, -0.25) is 4.79 Å². The van der Waals surface area contributed by atoms with E-state index in [1.54, 1.807) is 18.2 Å². The van der Waals surface area contributed by atoms with Crippen LogP contribution >= 0.6 is 0 Å². The Bertz CT molecular complexity index is 601. The van der Waals surface area contributed by atoms with Gasteiger partial charge in [-0.2, -0.15) is 0 Å². The third kappa shape index (κ3) is 1.59. The minimum Gasteiger partial charge on any atom is -0.475 e. The molecular formula is C10H8N2O3. The van der Waals surface area contributed by atoms with Crippen molar-refractivity contribution in [2.45, 2.75) is 6.92 Å². The van der Waals surface area contributed by atoms with E-state index in [1.165, 1.54) is 0 Å². The summed E-state index contributed by atoms with van der Waals surface area (Å²) in [5.74, 6) is -1.58. The number of aromatic amines is 1. The van der Waals surface area contributed by atoms with Crippen molar-refractivity contribution in [3.05, 3.63) is 39.9 Å². The first kappa shape index (κ1) is 9.39. The number of aromatic nitrogens is 2. The van der Waals surface area contributed by atoms with Gasteiger partial charge in [0.05, 0.1) is 10.9 Å². The molecule has 0 spiro atoms. The first-order valence-electron chi connectivity index (χ1n) is 4.32. The number of rotatable bonds is 1. The van der Waals surface area contributed by atoms with Crippen molar-refractivity contribution in [3.63, 3.8) is 0 Å². The summed E-state index contributed by atoms with van der Waals surface area (Å²) in [6, 6.07) is 5.08. The normalized spacial score (nSPS) is 10.5. The Morgan fingerprint density at radius 3 is 2.87 bits per heavy atom. The Morgan fingerprint density at radius 1 is 1.47 bits per heavy atom. The predicted octanol–water partition coefficient (Wildman–Crippen LogP) is 0.930. The number of H-pyrrole nitrogens is 1. The molecule has 15 heavy (non-hydrogen) atoms. The highest BCUT2D eigenvalue weighted by Crippen LogP contribution is 2.09. The first-order valence-corrected chi connectivity index (χ1v) is 4.32. The number of hydrogen-bond donors (Lipinski definition) is 2. The maximum Gasteiger partial charge on any atom is 0.372 e. The molecule has 0 saturated heterocycles. The van der Waals surface area contributed by atoms with Crippen LogP contribution in [0.1, 0.15) is 16.2 Å². The second kappa shape index (κ2) is 3.20. The van der Waals surface area contributed by atoms with Crippen LogP contribution in [-0.2, 0) is 0 Å². The molecule has 0 atom stereocenters. The van der Waals surface area contributed by atoms with Gasteiger partial charge in [-0.05, 0) is 24.6 Å². The minimum atomic E-state index is -1.24. The number of fused-ring (bicyclic) bond motifs is 1. The second-order valence-corrected chi connectivity index (χ2v) is 3.24. The average molecular weight is 204 g/mol. The lowest BCUT2D eigenvalue weighted by molar-refractivity contribution is 0.0683. The van der Waals surface area contributed by atoms with Gasteiger partial charge in [0, 0.05) is 0 Å². The van der Waals surface area contributed by atoms with E-state index in [1.807, 2.05) is 6.92 Å². The lowest BCUT2D eigenvalue weighted by atomic mass is 10.2. The molecule has 0 amide bonds. The number of aryl methyl sites for hydroxylation is 1. The van der Waals surface area contributed by atoms with Gasteiger partial charge in [0.15, 0.2) is 0 Å². The fourth-order valence-electron chi connectivity index (χ4n) is 1.35. The van der Waals surface area contributed by atoms with Gasteiger partial charge in [0.25, 0.3) is 5.56 Å². The third-order valence-corrected chi connectivity index (χ3v) is 2.06. The second-order valence-electron chi connectivity index (χ2n) is 3.24. The van der Waals surface area contributed by atoms with Crippen LogP contribution < -0.4 is 5.56 Å². The van der Waals surface area contributed by atoms with Crippen LogP contribution in [0, 0.1) is 6.92 Å². The first-order chi connectivity index (χ1) is 7.08. The molecular weight excluding hydrogens is 196 g/mol. The van der Waals surface area contributed by atoms with Crippen LogP contribution in [0.3, 0.4) is 0 Å². The Morgan fingerprint density at radius 2 is 2.20 bits per heavy atom. The van der Waals surface area contributed by atoms with Crippen molar-refractivity contribution in [2.24, 2.45) is 0 Å². The van der Waals surface area contributed by atoms with Crippen molar-refractivity contribution in [1.82, 2.24) is 9.97 Å². The molecule has 1 aromatic carbocycles. The van der Waals surface area contributed by atoms with Gasteiger partial charge in [-0.25, -0.2) is 9.78 Å². The van der Waals surface area contributed by atoms with Gasteiger partial charge < -0.3 is 10.1 Å². The number of carbonyl (C=O) groups is 1. The monoisotopic (exact) mass is 204 g/mol. The maximum atomic E-state index is 11.5. The summed E-state index contributed by atoms with van der Waals surface area (Å²) in [7, 11) is 0. The van der Waals surface area contributed by atoms with E-state index in [9.17, 15) is 9.59 Å². The highest BCUT2D eigenvalue weighted by atomic mass is 16.4. The van der Waals surface area contributed by atoms with Crippen LogP contribution in [0.4, 0.5) is 0 Å². The van der Waals surface area contributed by atoms with Gasteiger partial charge in [-0.15, -0.1) is 0 Å². The number of nitrogens with zero attached hydrogens (tertiary/aromatic N) is 1. The van der Waals surface area contributed by atoms with Crippen LogP contribution in [0.25, 0.3) is 10.9 Å². The summed E-state index contributed by atoms with van der Waals surface area (Å²) in [5.41, 5.74) is 0.894. The maximum absolute atomic E-state index is 11.5. The van der Waals surface area contributed by atoms with Crippen molar-refractivity contribution in [3.8, 4) is 0 Å². The summed E-state index contributed by atoms with van der Waals surface area (Å²) in [5, 5.41) is 9.10. The highest BCUT2D eigenvalue weighted by molar-refractivity contribution is 5.87. The number of hydrogen-bond acceptors (Lipinski definition) is 3. The minimum absolute atomic E-state index is 0.335. The average Bonchev–Trinajstić information content (AvgIpc) is 2.16. The SMILES string of the molecule is Cc1ccc2c(=O)[nH]c(C(=O)O)nc2c1. The zero-order valence-electron chi connectivity index (χ0n) is 7.94. The Balaban J connectivity index is 2.85. The lowest BCUT2D eigenvalue weighted by Crippen LogP contribution is -2.15. The largest absolute Gasteiger partial charge is 0.475 e. The molecule has 5 nitrogen and oxygen atoms in total. The molecule has 2 aromatic rings. The van der Waals surface area contributed by atoms with Gasteiger partial charge in [0.2, 0.25) is 5.82 Å². The van der Waals surface area contributed by atoms with Crippen molar-refractivity contribution < 1.29 is 9.90 Å². The smallest absolute Gasteiger partial charge is 0.372 e. The summed E-state index contributed by atoms with van der Waals surface area (Å²) < 4.78 is 0. The Labute approximate surface area is 84.4 Å². The van der Waals surface area contributed by atoms with E-state index in [-0.39, 0.29) is 5.82 Å². The predicted molar refractivity (Wildman–Crippen MR) is 54.1 cm³/mol. The summed E-state index contributed by atoms with van der Waals surface area (Å²) in [6.45, 7) is 1.85. The number of benzene rings is 1. The lowest BCUT2D eigenvalue weighted by Gasteiger charge is -1.99. The molecule has 2 N–H and O–H groups in total. The van der Waals surface area contributed by atoms with Gasteiger partial charge >= 0.3 is 5.97 Å². The molecule has 1 heterocycles. The zero-order chi connectivity index (χ0) is 11.0. The molecule has 0 radical (unpaired) electrons. The molecule has 0 bridgehead atoms. The molecule has 0 unspecified atom stereocenters. The molecule has 2 rings (SSSR count). The topological polar surface area (TPSA) is 83.0 Å². The van der Waals surface area contributed by atoms with Crippen LogP contribution in [0.5, 0.6) is 0 Å². The van der Waals surface area contributed by atoms with Crippen molar-refractivity contribution in [2.75, 3.05) is 0 Å². The van der Waals surface area contributed by atoms with E-state index in [0.717, 1.165) is 5.56 Å². The van der Waals surface area contributed by atoms with E-state index in [2.05, 4.69) is 9.97 Å². The summed E-state index contributed by atoms with van der Waals surface area (Å²) in [4.78, 5) is 28.1. The van der Waals surface area contributed by atoms with E-state index in [4.69, 9.17) is 5.11 Å². The van der Waals surface area contributed by atoms with Gasteiger partial charge in [0.1, 0.15) is 0 Å². The third-order valence-electron chi connectivity index (χ3n) is 2.06. The fraction of sp³-hybridized carbons (Fsp3) is 0.100. The fourth-order valence-corrected chi connectivity index (χ4v) is 1.35.